The first-order chi connectivity index (χ1) is 7.20. The zero-order chi connectivity index (χ0) is 10.8. The lowest BCUT2D eigenvalue weighted by molar-refractivity contribution is -0.136. The summed E-state index contributed by atoms with van der Waals surface area (Å²) in [5.41, 5.74) is 1.08. The third kappa shape index (κ3) is 1.88. The van der Waals surface area contributed by atoms with Crippen LogP contribution in [0.1, 0.15) is 12.5 Å². The Balaban J connectivity index is 2.12. The van der Waals surface area contributed by atoms with Crippen molar-refractivity contribution in [3.05, 3.63) is 23.8 Å². The van der Waals surface area contributed by atoms with Gasteiger partial charge in [-0.25, -0.2) is 0 Å². The normalized spacial score (nSPS) is 17.6. The van der Waals surface area contributed by atoms with Gasteiger partial charge in [0.05, 0.1) is 0 Å². The number of rotatable bonds is 2. The first-order valence-corrected chi connectivity index (χ1v) is 4.92. The summed E-state index contributed by atoms with van der Waals surface area (Å²) in [5.74, 6) is 1.01. The van der Waals surface area contributed by atoms with Crippen LogP contribution in [0.25, 0.3) is 0 Å². The average Bonchev–Trinajstić information content (AvgIpc) is 2.60. The van der Waals surface area contributed by atoms with Crippen molar-refractivity contribution < 1.29 is 14.3 Å². The number of hydrogen-bond donors (Lipinski definition) is 1. The summed E-state index contributed by atoms with van der Waals surface area (Å²) in [4.78, 5) is 11.4. The Labute approximate surface area is 88.2 Å². The molecule has 0 fully saturated rings. The molecule has 1 amide bonds. The summed E-state index contributed by atoms with van der Waals surface area (Å²) in [6.07, 6.45) is -0.846. The maximum atomic E-state index is 11.4. The summed E-state index contributed by atoms with van der Waals surface area (Å²) in [7, 11) is 0. The van der Waals surface area contributed by atoms with Crippen LogP contribution in [0.2, 0.25) is 0 Å². The van der Waals surface area contributed by atoms with Gasteiger partial charge in [-0.15, -0.1) is 0 Å². The van der Waals surface area contributed by atoms with E-state index in [-0.39, 0.29) is 5.91 Å². The first kappa shape index (κ1) is 9.83. The highest BCUT2D eigenvalue weighted by Gasteiger charge is 2.30. The van der Waals surface area contributed by atoms with Gasteiger partial charge in [0, 0.05) is 6.54 Å². The summed E-state index contributed by atoms with van der Waals surface area (Å²) in [5, 5.41) is 2.65. The van der Waals surface area contributed by atoms with Crippen LogP contribution in [-0.2, 0) is 4.79 Å². The van der Waals surface area contributed by atoms with E-state index in [4.69, 9.17) is 9.47 Å². The fourth-order valence-electron chi connectivity index (χ4n) is 1.42. The van der Waals surface area contributed by atoms with Gasteiger partial charge in [-0.2, -0.15) is 0 Å². The fourth-order valence-corrected chi connectivity index (χ4v) is 1.42. The molecule has 0 aromatic heterocycles. The Morgan fingerprint density at radius 2 is 2.13 bits per heavy atom. The van der Waals surface area contributed by atoms with E-state index in [0.717, 1.165) is 5.56 Å². The predicted molar refractivity (Wildman–Crippen MR) is 54.9 cm³/mol. The minimum absolute atomic E-state index is 0.244. The van der Waals surface area contributed by atoms with Crippen molar-refractivity contribution in [3.63, 3.8) is 0 Å². The number of benzene rings is 1. The molecule has 2 rings (SSSR count). The van der Waals surface area contributed by atoms with E-state index < -0.39 is 6.29 Å². The quantitative estimate of drug-likeness (QED) is 0.793. The molecular formula is C11H13NO3. The Morgan fingerprint density at radius 3 is 2.87 bits per heavy atom. The SMILES string of the molecule is CCNC(=O)C1Oc2ccc(C)cc2O1. The maximum Gasteiger partial charge on any atom is 0.321 e. The molecule has 1 heterocycles. The van der Waals surface area contributed by atoms with Crippen LogP contribution in [-0.4, -0.2) is 18.7 Å². The Morgan fingerprint density at radius 1 is 1.40 bits per heavy atom. The number of hydrogen-bond acceptors (Lipinski definition) is 3. The largest absolute Gasteiger partial charge is 0.442 e. The summed E-state index contributed by atoms with van der Waals surface area (Å²) in [6.45, 7) is 4.38. The molecule has 1 aromatic rings. The molecule has 1 N–H and O–H groups in total. The van der Waals surface area contributed by atoms with Crippen LogP contribution >= 0.6 is 0 Å². The van der Waals surface area contributed by atoms with Crippen molar-refractivity contribution in [3.8, 4) is 11.5 Å². The van der Waals surface area contributed by atoms with Crippen molar-refractivity contribution in [1.82, 2.24) is 5.32 Å². The van der Waals surface area contributed by atoms with Crippen molar-refractivity contribution in [2.45, 2.75) is 20.1 Å². The van der Waals surface area contributed by atoms with Gasteiger partial charge < -0.3 is 14.8 Å². The van der Waals surface area contributed by atoms with Crippen LogP contribution in [0.15, 0.2) is 18.2 Å². The molecule has 0 bridgehead atoms. The number of ether oxygens (including phenoxy) is 2. The van der Waals surface area contributed by atoms with Gasteiger partial charge in [0.15, 0.2) is 11.5 Å². The highest BCUT2D eigenvalue weighted by atomic mass is 16.7. The van der Waals surface area contributed by atoms with Gasteiger partial charge in [-0.3, -0.25) is 4.79 Å². The third-order valence-corrected chi connectivity index (χ3v) is 2.13. The summed E-state index contributed by atoms with van der Waals surface area (Å²) >= 11 is 0. The van der Waals surface area contributed by atoms with E-state index in [1.54, 1.807) is 0 Å². The Kier molecular flexibility index (Phi) is 2.49. The monoisotopic (exact) mass is 207 g/mol. The average molecular weight is 207 g/mol. The van der Waals surface area contributed by atoms with E-state index >= 15 is 0 Å². The Hall–Kier alpha value is -1.71. The second-order valence-corrected chi connectivity index (χ2v) is 3.41. The van der Waals surface area contributed by atoms with Crippen LogP contribution in [0.3, 0.4) is 0 Å². The van der Waals surface area contributed by atoms with E-state index in [1.165, 1.54) is 0 Å². The molecule has 1 aromatic carbocycles. The summed E-state index contributed by atoms with van der Waals surface area (Å²) in [6, 6.07) is 5.58. The molecule has 15 heavy (non-hydrogen) atoms. The third-order valence-electron chi connectivity index (χ3n) is 2.13. The molecule has 0 radical (unpaired) electrons. The molecule has 1 aliphatic heterocycles. The van der Waals surface area contributed by atoms with Crippen LogP contribution in [0, 0.1) is 6.92 Å². The van der Waals surface area contributed by atoms with E-state index in [9.17, 15) is 4.79 Å². The molecule has 4 heteroatoms. The molecule has 0 aliphatic carbocycles. The van der Waals surface area contributed by atoms with Crippen LogP contribution < -0.4 is 14.8 Å². The molecule has 0 saturated carbocycles. The number of fused-ring (bicyclic) bond motifs is 1. The van der Waals surface area contributed by atoms with E-state index in [2.05, 4.69) is 5.32 Å². The molecule has 0 spiro atoms. The second-order valence-electron chi connectivity index (χ2n) is 3.41. The minimum atomic E-state index is -0.846. The molecule has 1 unspecified atom stereocenters. The number of amides is 1. The number of aryl methyl sites for hydroxylation is 1. The number of carbonyl (C=O) groups excluding carboxylic acids is 1. The Bertz CT molecular complexity index is 389. The van der Waals surface area contributed by atoms with Gasteiger partial charge in [0.25, 0.3) is 0 Å². The second kappa shape index (κ2) is 3.81. The zero-order valence-corrected chi connectivity index (χ0v) is 8.74. The van der Waals surface area contributed by atoms with Crippen molar-refractivity contribution >= 4 is 5.91 Å². The molecule has 80 valence electrons. The van der Waals surface area contributed by atoms with Crippen LogP contribution in [0.4, 0.5) is 0 Å². The van der Waals surface area contributed by atoms with E-state index in [1.807, 2.05) is 32.0 Å². The van der Waals surface area contributed by atoms with Gasteiger partial charge in [-0.1, -0.05) is 6.07 Å². The molecule has 4 nitrogen and oxygen atoms in total. The molecule has 1 aliphatic rings. The van der Waals surface area contributed by atoms with Crippen molar-refractivity contribution in [2.75, 3.05) is 6.54 Å². The topological polar surface area (TPSA) is 47.6 Å². The fraction of sp³-hybridized carbons (Fsp3) is 0.364. The molecule has 1 atom stereocenters. The maximum absolute atomic E-state index is 11.4. The van der Waals surface area contributed by atoms with Crippen molar-refractivity contribution in [1.29, 1.82) is 0 Å². The first-order valence-electron chi connectivity index (χ1n) is 4.92. The zero-order valence-electron chi connectivity index (χ0n) is 8.74. The van der Waals surface area contributed by atoms with Gasteiger partial charge in [-0.05, 0) is 31.5 Å². The standard InChI is InChI=1S/C11H13NO3/c1-3-12-10(13)11-14-8-5-4-7(2)6-9(8)15-11/h4-6,11H,3H2,1-2H3,(H,12,13). The predicted octanol–water partition coefficient (Wildman–Crippen LogP) is 1.23. The highest BCUT2D eigenvalue weighted by Crippen LogP contribution is 2.35. The van der Waals surface area contributed by atoms with E-state index in [0.29, 0.717) is 18.0 Å². The van der Waals surface area contributed by atoms with Gasteiger partial charge in [0.2, 0.25) is 0 Å². The smallest absolute Gasteiger partial charge is 0.321 e. The van der Waals surface area contributed by atoms with Gasteiger partial charge >= 0.3 is 12.2 Å². The minimum Gasteiger partial charge on any atom is -0.442 e. The van der Waals surface area contributed by atoms with Crippen LogP contribution in [0.5, 0.6) is 11.5 Å². The number of likely N-dealkylation sites (N-methyl/N-ethyl adjacent to an activating group) is 1. The molecular weight excluding hydrogens is 194 g/mol. The molecule has 0 saturated heterocycles. The number of carbonyl (C=O) groups is 1. The lowest BCUT2D eigenvalue weighted by Crippen LogP contribution is -2.39. The highest BCUT2D eigenvalue weighted by molar-refractivity contribution is 5.81. The van der Waals surface area contributed by atoms with Crippen molar-refractivity contribution in [2.24, 2.45) is 0 Å². The lowest BCUT2D eigenvalue weighted by atomic mass is 10.2. The summed E-state index contributed by atoms with van der Waals surface area (Å²) < 4.78 is 10.7. The lowest BCUT2D eigenvalue weighted by Gasteiger charge is -2.08. The number of nitrogens with one attached hydrogen (secondary N) is 1. The van der Waals surface area contributed by atoms with Gasteiger partial charge in [0.1, 0.15) is 0 Å².